The van der Waals surface area contributed by atoms with Crippen LogP contribution in [0.3, 0.4) is 0 Å². The van der Waals surface area contributed by atoms with Crippen molar-refractivity contribution in [2.75, 3.05) is 33.4 Å². The lowest BCUT2D eigenvalue weighted by atomic mass is 10.0. The first-order valence-electron chi connectivity index (χ1n) is 10.6. The van der Waals surface area contributed by atoms with Gasteiger partial charge in [0.1, 0.15) is 31.3 Å². The van der Waals surface area contributed by atoms with Gasteiger partial charge in [0.15, 0.2) is 0 Å². The van der Waals surface area contributed by atoms with Crippen molar-refractivity contribution in [3.63, 3.8) is 0 Å². The summed E-state index contributed by atoms with van der Waals surface area (Å²) in [6, 6.07) is 12.5. The Kier molecular flexibility index (Phi) is 7.69. The molecule has 0 unspecified atom stereocenters. The molecule has 174 valence electrons. The summed E-state index contributed by atoms with van der Waals surface area (Å²) in [4.78, 5) is 30.6. The summed E-state index contributed by atoms with van der Waals surface area (Å²) in [5.41, 5.74) is 1.09. The van der Waals surface area contributed by atoms with Gasteiger partial charge < -0.3 is 23.7 Å². The summed E-state index contributed by atoms with van der Waals surface area (Å²) in [5, 5.41) is 2.67. The highest BCUT2D eigenvalue weighted by molar-refractivity contribution is 7.10. The number of amides is 2. The molecule has 2 amide bonds. The second kappa shape index (κ2) is 10.9. The van der Waals surface area contributed by atoms with Crippen LogP contribution in [0.1, 0.15) is 22.2 Å². The number of halogens is 1. The zero-order valence-corrected chi connectivity index (χ0v) is 19.8. The van der Waals surface area contributed by atoms with Crippen LogP contribution in [0.2, 0.25) is 5.02 Å². The second-order valence-electron chi connectivity index (χ2n) is 7.68. The van der Waals surface area contributed by atoms with Crippen molar-refractivity contribution >= 4 is 34.8 Å². The number of nitrogens with zero attached hydrogens (tertiary/aromatic N) is 2. The van der Waals surface area contributed by atoms with E-state index in [0.29, 0.717) is 29.7 Å². The first-order chi connectivity index (χ1) is 16.0. The van der Waals surface area contributed by atoms with Crippen LogP contribution in [0, 0.1) is 0 Å². The van der Waals surface area contributed by atoms with E-state index in [1.165, 1.54) is 16.9 Å². The maximum atomic E-state index is 13.4. The molecule has 33 heavy (non-hydrogen) atoms. The molecular weight excluding hydrogens is 464 g/mol. The summed E-state index contributed by atoms with van der Waals surface area (Å²) in [5.74, 6) is 0.870. The van der Waals surface area contributed by atoms with Crippen LogP contribution in [0.4, 0.5) is 0 Å². The normalized spacial score (nSPS) is 15.2. The van der Waals surface area contributed by atoms with Crippen molar-refractivity contribution in [2.45, 2.75) is 19.0 Å². The average Bonchev–Trinajstić information content (AvgIpc) is 3.50. The highest BCUT2D eigenvalue weighted by Gasteiger charge is 2.33. The Morgan fingerprint density at radius 3 is 2.79 bits per heavy atom. The number of thiophene rings is 1. The fourth-order valence-corrected chi connectivity index (χ4v) is 4.93. The SMILES string of the molecule is COCC(=O)N(CC(=O)N1CCc2sccc2[C@@H]1COc1ccc(Cl)cc1)Cc1ccco1. The molecule has 1 aliphatic heterocycles. The van der Waals surface area contributed by atoms with Gasteiger partial charge in [-0.25, -0.2) is 0 Å². The maximum absolute atomic E-state index is 13.4. The van der Waals surface area contributed by atoms with Crippen molar-refractivity contribution in [2.24, 2.45) is 0 Å². The molecule has 3 aromatic rings. The molecule has 0 spiro atoms. The quantitative estimate of drug-likeness (QED) is 0.452. The number of fused-ring (bicyclic) bond motifs is 1. The Hall–Kier alpha value is -2.81. The number of hydrogen-bond acceptors (Lipinski definition) is 6. The smallest absolute Gasteiger partial charge is 0.249 e. The number of hydrogen-bond donors (Lipinski definition) is 0. The monoisotopic (exact) mass is 488 g/mol. The molecule has 2 aromatic heterocycles. The molecule has 1 aliphatic rings. The van der Waals surface area contributed by atoms with Gasteiger partial charge in [-0.15, -0.1) is 11.3 Å². The van der Waals surface area contributed by atoms with E-state index >= 15 is 0 Å². The number of methoxy groups -OCH3 is 1. The molecule has 3 heterocycles. The maximum Gasteiger partial charge on any atom is 0.249 e. The van der Waals surface area contributed by atoms with E-state index in [1.54, 1.807) is 58.9 Å². The average molecular weight is 489 g/mol. The third kappa shape index (κ3) is 5.76. The molecule has 1 aromatic carbocycles. The largest absolute Gasteiger partial charge is 0.491 e. The molecule has 0 bridgehead atoms. The van der Waals surface area contributed by atoms with Gasteiger partial charge in [-0.3, -0.25) is 9.59 Å². The van der Waals surface area contributed by atoms with E-state index in [9.17, 15) is 9.59 Å². The van der Waals surface area contributed by atoms with Gasteiger partial charge in [0, 0.05) is 23.6 Å². The van der Waals surface area contributed by atoms with Crippen LogP contribution in [-0.2, 0) is 27.3 Å². The topological polar surface area (TPSA) is 72.2 Å². The van der Waals surface area contributed by atoms with Crippen LogP contribution >= 0.6 is 22.9 Å². The molecule has 7 nitrogen and oxygen atoms in total. The minimum absolute atomic E-state index is 0.0696. The van der Waals surface area contributed by atoms with Gasteiger partial charge in [0.05, 0.1) is 18.8 Å². The van der Waals surface area contributed by atoms with Gasteiger partial charge in [-0.2, -0.15) is 0 Å². The van der Waals surface area contributed by atoms with Crippen molar-refractivity contribution in [1.82, 2.24) is 9.80 Å². The fourth-order valence-electron chi connectivity index (χ4n) is 3.87. The summed E-state index contributed by atoms with van der Waals surface area (Å²) in [6.45, 7) is 0.894. The molecule has 0 fully saturated rings. The lowest BCUT2D eigenvalue weighted by Crippen LogP contribution is -2.48. The zero-order valence-electron chi connectivity index (χ0n) is 18.2. The van der Waals surface area contributed by atoms with E-state index in [0.717, 1.165) is 12.0 Å². The lowest BCUT2D eigenvalue weighted by Gasteiger charge is -2.37. The van der Waals surface area contributed by atoms with Crippen LogP contribution in [-0.4, -0.2) is 55.0 Å². The first-order valence-corrected chi connectivity index (χ1v) is 11.8. The number of carbonyl (C=O) groups excluding carboxylic acids is 2. The van der Waals surface area contributed by atoms with Gasteiger partial charge in [0.2, 0.25) is 11.8 Å². The molecule has 0 aliphatic carbocycles. The van der Waals surface area contributed by atoms with Gasteiger partial charge in [-0.1, -0.05) is 11.6 Å². The van der Waals surface area contributed by atoms with Crippen LogP contribution in [0.25, 0.3) is 0 Å². The minimum atomic E-state index is -0.274. The highest BCUT2D eigenvalue weighted by atomic mass is 35.5. The molecule has 0 radical (unpaired) electrons. The Balaban J connectivity index is 1.50. The molecule has 0 saturated heterocycles. The van der Waals surface area contributed by atoms with Crippen molar-refractivity contribution in [3.05, 3.63) is 75.3 Å². The van der Waals surface area contributed by atoms with E-state index in [2.05, 4.69) is 0 Å². The minimum Gasteiger partial charge on any atom is -0.491 e. The van der Waals surface area contributed by atoms with Crippen molar-refractivity contribution in [3.8, 4) is 5.75 Å². The van der Waals surface area contributed by atoms with Crippen LogP contribution < -0.4 is 4.74 Å². The highest BCUT2D eigenvalue weighted by Crippen LogP contribution is 2.34. The van der Waals surface area contributed by atoms with Crippen LogP contribution in [0.15, 0.2) is 58.5 Å². The van der Waals surface area contributed by atoms with Crippen LogP contribution in [0.5, 0.6) is 5.75 Å². The molecule has 0 N–H and O–H groups in total. The Bertz CT molecular complexity index is 1070. The van der Waals surface area contributed by atoms with Crippen molar-refractivity contribution < 1.29 is 23.5 Å². The predicted octanol–water partition coefficient (Wildman–Crippen LogP) is 4.17. The molecule has 1 atom stereocenters. The number of furan rings is 1. The third-order valence-electron chi connectivity index (χ3n) is 5.51. The molecular formula is C24H25ClN2O5S. The Morgan fingerprint density at radius 2 is 2.06 bits per heavy atom. The Morgan fingerprint density at radius 1 is 1.24 bits per heavy atom. The number of benzene rings is 1. The fraction of sp³-hybridized carbons (Fsp3) is 0.333. The number of ether oxygens (including phenoxy) is 2. The molecule has 0 saturated carbocycles. The van der Waals surface area contributed by atoms with Gasteiger partial charge in [0.25, 0.3) is 0 Å². The van der Waals surface area contributed by atoms with E-state index in [1.807, 2.05) is 11.4 Å². The standard InChI is InChI=1S/C24H25ClN2O5S/c1-30-16-24(29)26(13-19-3-2-11-31-19)14-23(28)27-10-8-22-20(9-12-33-22)21(27)15-32-18-6-4-17(25)5-7-18/h2-7,9,11-12,21H,8,10,13-16H2,1H3/t21-/m0/s1. The summed E-state index contributed by atoms with van der Waals surface area (Å²) in [7, 11) is 1.46. The Labute approximate surface area is 201 Å². The first kappa shape index (κ1) is 23.4. The van der Waals surface area contributed by atoms with Gasteiger partial charge >= 0.3 is 0 Å². The van der Waals surface area contributed by atoms with E-state index < -0.39 is 0 Å². The second-order valence-corrected chi connectivity index (χ2v) is 9.12. The predicted molar refractivity (Wildman–Crippen MR) is 125 cm³/mol. The van der Waals surface area contributed by atoms with E-state index in [-0.39, 0.29) is 37.6 Å². The van der Waals surface area contributed by atoms with Crippen molar-refractivity contribution in [1.29, 1.82) is 0 Å². The molecule has 4 rings (SSSR count). The van der Waals surface area contributed by atoms with Gasteiger partial charge in [-0.05, 0) is 59.8 Å². The molecule has 9 heteroatoms. The summed E-state index contributed by atoms with van der Waals surface area (Å²) >= 11 is 7.66. The number of carbonyl (C=O) groups is 2. The zero-order chi connectivity index (χ0) is 23.2. The third-order valence-corrected chi connectivity index (χ3v) is 6.76. The summed E-state index contributed by atoms with van der Waals surface area (Å²) in [6.07, 6.45) is 2.32. The number of rotatable bonds is 9. The van der Waals surface area contributed by atoms with E-state index in [4.69, 9.17) is 25.5 Å². The lowest BCUT2D eigenvalue weighted by molar-refractivity contribution is -0.145. The summed E-state index contributed by atoms with van der Waals surface area (Å²) < 4.78 is 16.4.